The maximum Gasteiger partial charge on any atom is 0.314 e. The number of nitrogens with zero attached hydrogens (tertiary/aromatic N) is 1. The number of fused-ring (bicyclic) bond motifs is 7. The van der Waals surface area contributed by atoms with Gasteiger partial charge in [-0.15, -0.1) is 0 Å². The molecule has 2 atom stereocenters. The SMILES string of the molecule is COC(=O)C12CC1c1cc(OC)ccc1-c1c(C3CCCCC3)c3ccc(C(=O)NS(=O)(=O)CC(C)C)cc3n1C2. The Morgan fingerprint density at radius 3 is 2.51 bits per heavy atom. The molecule has 9 heteroatoms. The van der Waals surface area contributed by atoms with Crippen molar-refractivity contribution in [3.05, 3.63) is 53.1 Å². The van der Waals surface area contributed by atoms with E-state index in [9.17, 15) is 18.0 Å². The van der Waals surface area contributed by atoms with E-state index in [0.717, 1.165) is 59.2 Å². The zero-order chi connectivity index (χ0) is 29.1. The molecule has 3 aromatic rings. The van der Waals surface area contributed by atoms with E-state index in [4.69, 9.17) is 9.47 Å². The molecule has 2 fully saturated rings. The Labute approximate surface area is 241 Å². The summed E-state index contributed by atoms with van der Waals surface area (Å²) in [5, 5.41) is 1.05. The molecule has 0 radical (unpaired) electrons. The van der Waals surface area contributed by atoms with Crippen molar-refractivity contribution in [1.29, 1.82) is 0 Å². The third kappa shape index (κ3) is 4.72. The number of hydrogen-bond acceptors (Lipinski definition) is 6. The van der Waals surface area contributed by atoms with Crippen molar-refractivity contribution in [3.63, 3.8) is 0 Å². The standard InChI is InChI=1S/C32H38N2O6S/c1-19(2)17-41(37,38)33-30(35)21-10-12-24-27(14-21)34-18-32(31(36)40-4)16-26(32)25-15-22(39-3)11-13-23(25)29(34)28(24)20-8-6-5-7-9-20/h10-15,19-20,26H,5-9,16-18H2,1-4H3,(H,33,35). The van der Waals surface area contributed by atoms with Gasteiger partial charge < -0.3 is 14.0 Å². The van der Waals surface area contributed by atoms with E-state index < -0.39 is 21.3 Å². The lowest BCUT2D eigenvalue weighted by Gasteiger charge is -2.24. The average molecular weight is 579 g/mol. The number of ether oxygens (including phenoxy) is 2. The quantitative estimate of drug-likeness (QED) is 0.359. The normalized spacial score (nSPS) is 21.9. The molecule has 1 amide bonds. The second-order valence-corrected chi connectivity index (χ2v) is 14.1. The van der Waals surface area contributed by atoms with Gasteiger partial charge in [0.1, 0.15) is 5.75 Å². The fourth-order valence-electron chi connectivity index (χ4n) is 7.29. The third-order valence-corrected chi connectivity index (χ3v) is 10.8. The number of sulfonamides is 1. The number of rotatable bonds is 7. The van der Waals surface area contributed by atoms with E-state index in [1.54, 1.807) is 33.1 Å². The van der Waals surface area contributed by atoms with E-state index in [-0.39, 0.29) is 29.1 Å². The van der Waals surface area contributed by atoms with Crippen LogP contribution < -0.4 is 9.46 Å². The molecule has 2 unspecified atom stereocenters. The summed E-state index contributed by atoms with van der Waals surface area (Å²) < 4.78 is 40.5. The van der Waals surface area contributed by atoms with Gasteiger partial charge in [-0.3, -0.25) is 9.59 Å². The molecule has 2 aromatic carbocycles. The van der Waals surface area contributed by atoms with Crippen molar-refractivity contribution in [2.24, 2.45) is 11.3 Å². The van der Waals surface area contributed by atoms with Gasteiger partial charge in [0.15, 0.2) is 0 Å². The number of methoxy groups -OCH3 is 2. The highest BCUT2D eigenvalue weighted by Crippen LogP contribution is 2.66. The lowest BCUT2D eigenvalue weighted by molar-refractivity contribution is -0.147. The van der Waals surface area contributed by atoms with Crippen molar-refractivity contribution >= 4 is 32.8 Å². The zero-order valence-electron chi connectivity index (χ0n) is 24.2. The summed E-state index contributed by atoms with van der Waals surface area (Å²) in [5.41, 5.74) is 4.92. The van der Waals surface area contributed by atoms with Crippen LogP contribution in [0.2, 0.25) is 0 Å². The Balaban J connectivity index is 1.57. The Morgan fingerprint density at radius 2 is 1.83 bits per heavy atom. The molecule has 3 aliphatic rings. The number of esters is 1. The van der Waals surface area contributed by atoms with Crippen LogP contribution >= 0.6 is 0 Å². The van der Waals surface area contributed by atoms with Crippen molar-refractivity contribution in [3.8, 4) is 17.0 Å². The van der Waals surface area contributed by atoms with Crippen molar-refractivity contribution in [1.82, 2.24) is 9.29 Å². The minimum Gasteiger partial charge on any atom is -0.497 e. The number of nitrogens with one attached hydrogen (secondary N) is 1. The molecule has 2 saturated carbocycles. The molecule has 6 rings (SSSR count). The van der Waals surface area contributed by atoms with Crippen LogP contribution in [0.15, 0.2) is 36.4 Å². The van der Waals surface area contributed by atoms with Crippen LogP contribution in [0.25, 0.3) is 22.2 Å². The van der Waals surface area contributed by atoms with Gasteiger partial charge in [-0.2, -0.15) is 0 Å². The molecular formula is C32H38N2O6S. The predicted octanol–water partition coefficient (Wildman–Crippen LogP) is 5.74. The van der Waals surface area contributed by atoms with Crippen molar-refractivity contribution in [2.45, 2.75) is 70.8 Å². The van der Waals surface area contributed by atoms with Crippen LogP contribution in [0.5, 0.6) is 5.75 Å². The molecule has 0 spiro atoms. The van der Waals surface area contributed by atoms with E-state index >= 15 is 0 Å². The van der Waals surface area contributed by atoms with E-state index in [1.165, 1.54) is 19.1 Å². The van der Waals surface area contributed by atoms with Crippen LogP contribution in [0, 0.1) is 11.3 Å². The molecule has 2 heterocycles. The molecule has 8 nitrogen and oxygen atoms in total. The number of amides is 1. The van der Waals surface area contributed by atoms with Crippen LogP contribution in [-0.4, -0.2) is 44.8 Å². The maximum atomic E-state index is 13.3. The van der Waals surface area contributed by atoms with Gasteiger partial charge in [-0.1, -0.05) is 39.2 Å². The first-order valence-electron chi connectivity index (χ1n) is 14.6. The smallest absolute Gasteiger partial charge is 0.314 e. The first kappa shape index (κ1) is 27.8. The molecule has 0 bridgehead atoms. The summed E-state index contributed by atoms with van der Waals surface area (Å²) in [5.74, 6) is -0.0149. The minimum absolute atomic E-state index is 0.00173. The van der Waals surface area contributed by atoms with Gasteiger partial charge in [0.05, 0.1) is 31.1 Å². The molecule has 1 aliphatic heterocycles. The Bertz CT molecular complexity index is 1650. The second-order valence-electron chi connectivity index (χ2n) is 12.4. The van der Waals surface area contributed by atoms with Gasteiger partial charge >= 0.3 is 5.97 Å². The number of carbonyl (C=O) groups excluding carboxylic acids is 2. The summed E-state index contributed by atoms with van der Waals surface area (Å²) in [4.78, 5) is 26.5. The van der Waals surface area contributed by atoms with Gasteiger partial charge in [0.2, 0.25) is 10.0 Å². The minimum atomic E-state index is -3.77. The summed E-state index contributed by atoms with van der Waals surface area (Å²) in [7, 11) is -0.683. The van der Waals surface area contributed by atoms with E-state index in [0.29, 0.717) is 18.9 Å². The summed E-state index contributed by atoms with van der Waals surface area (Å²) >= 11 is 0. The summed E-state index contributed by atoms with van der Waals surface area (Å²) in [6, 6.07) is 11.6. The van der Waals surface area contributed by atoms with Crippen LogP contribution in [0.4, 0.5) is 0 Å². The highest BCUT2D eigenvalue weighted by molar-refractivity contribution is 7.90. The molecule has 0 saturated heterocycles. The van der Waals surface area contributed by atoms with E-state index in [1.807, 2.05) is 12.1 Å². The molecule has 1 N–H and O–H groups in total. The van der Waals surface area contributed by atoms with Crippen molar-refractivity contribution < 1.29 is 27.5 Å². The fourth-order valence-corrected chi connectivity index (χ4v) is 8.65. The van der Waals surface area contributed by atoms with Gasteiger partial charge in [-0.25, -0.2) is 13.1 Å². The van der Waals surface area contributed by atoms with Gasteiger partial charge in [-0.05, 0) is 72.6 Å². The largest absolute Gasteiger partial charge is 0.497 e. The molecule has 2 aliphatic carbocycles. The fraction of sp³-hybridized carbons (Fsp3) is 0.500. The highest BCUT2D eigenvalue weighted by Gasteiger charge is 2.63. The van der Waals surface area contributed by atoms with E-state index in [2.05, 4.69) is 21.4 Å². The predicted molar refractivity (Wildman–Crippen MR) is 158 cm³/mol. The lowest BCUT2D eigenvalue weighted by Crippen LogP contribution is -2.34. The summed E-state index contributed by atoms with van der Waals surface area (Å²) in [6.45, 7) is 4.03. The third-order valence-electron chi connectivity index (χ3n) is 9.18. The van der Waals surface area contributed by atoms with Gasteiger partial charge in [0.25, 0.3) is 5.91 Å². The summed E-state index contributed by atoms with van der Waals surface area (Å²) in [6.07, 6.45) is 6.38. The van der Waals surface area contributed by atoms with Crippen LogP contribution in [0.3, 0.4) is 0 Å². The first-order chi connectivity index (χ1) is 19.6. The van der Waals surface area contributed by atoms with Crippen molar-refractivity contribution in [2.75, 3.05) is 20.0 Å². The number of hydrogen-bond donors (Lipinski definition) is 1. The first-order valence-corrected chi connectivity index (χ1v) is 16.2. The Hall–Kier alpha value is -3.33. The maximum absolute atomic E-state index is 13.3. The van der Waals surface area contributed by atoms with Crippen LogP contribution in [-0.2, 0) is 26.1 Å². The second kappa shape index (κ2) is 10.2. The average Bonchev–Trinajstić information content (AvgIpc) is 3.62. The Morgan fingerprint density at radius 1 is 1.07 bits per heavy atom. The topological polar surface area (TPSA) is 104 Å². The number of aromatic nitrogens is 1. The molecule has 1 aromatic heterocycles. The zero-order valence-corrected chi connectivity index (χ0v) is 25.0. The highest BCUT2D eigenvalue weighted by atomic mass is 32.2. The van der Waals surface area contributed by atoms with Crippen LogP contribution in [0.1, 0.15) is 85.7 Å². The number of carbonyl (C=O) groups is 2. The molecule has 218 valence electrons. The molecule has 41 heavy (non-hydrogen) atoms. The lowest BCUT2D eigenvalue weighted by atomic mass is 9.81. The number of benzene rings is 2. The molecular weight excluding hydrogens is 540 g/mol. The van der Waals surface area contributed by atoms with Gasteiger partial charge in [0, 0.05) is 34.5 Å². The Kier molecular flexibility index (Phi) is 6.91. The monoisotopic (exact) mass is 578 g/mol.